The molecule has 1 heteroatoms. The SMILES string of the molecule is C1=C[CH]([Mo][CH]2C=CC=C2)C=C1. The molecule has 0 spiro atoms. The fourth-order valence-corrected chi connectivity index (χ4v) is 3.86. The van der Waals surface area contributed by atoms with Crippen LogP contribution in [-0.2, 0) is 18.6 Å². The minimum atomic E-state index is 0.0950. The Morgan fingerprint density at radius 2 is 1.00 bits per heavy atom. The normalized spacial score (nSPS) is 22.5. The molecule has 56 valence electrons. The molecule has 0 atom stereocenters. The van der Waals surface area contributed by atoms with Crippen LogP contribution in [0.15, 0.2) is 48.6 Å². The standard InChI is InChI=1S/2C5H5.Mo/c2*1-2-4-5-3-1;/h2*1-5H;. The van der Waals surface area contributed by atoms with Crippen LogP contribution in [0.5, 0.6) is 0 Å². The van der Waals surface area contributed by atoms with Crippen LogP contribution in [0.2, 0.25) is 8.62 Å². The molecule has 0 aromatic carbocycles. The first kappa shape index (κ1) is 7.31. The molecular weight excluding hydrogens is 216 g/mol. The topological polar surface area (TPSA) is 0 Å². The summed E-state index contributed by atoms with van der Waals surface area (Å²) in [4.78, 5) is 0. The molecule has 0 bridgehead atoms. The van der Waals surface area contributed by atoms with Gasteiger partial charge in [0.05, 0.1) is 0 Å². The predicted molar refractivity (Wildman–Crippen MR) is 44.1 cm³/mol. The zero-order chi connectivity index (χ0) is 7.52. The van der Waals surface area contributed by atoms with E-state index in [-0.39, 0.29) is 18.6 Å². The average molecular weight is 226 g/mol. The molecule has 0 saturated heterocycles. The summed E-state index contributed by atoms with van der Waals surface area (Å²) in [5, 5.41) is 0. The van der Waals surface area contributed by atoms with Gasteiger partial charge in [0.2, 0.25) is 0 Å². The third kappa shape index (κ3) is 1.81. The van der Waals surface area contributed by atoms with Crippen molar-refractivity contribution in [2.75, 3.05) is 0 Å². The van der Waals surface area contributed by atoms with Crippen LogP contribution in [0.25, 0.3) is 0 Å². The van der Waals surface area contributed by atoms with Gasteiger partial charge in [-0.15, -0.1) is 0 Å². The minimum absolute atomic E-state index is 0.0950. The molecule has 0 unspecified atom stereocenters. The number of rotatable bonds is 2. The van der Waals surface area contributed by atoms with Gasteiger partial charge in [-0.1, -0.05) is 0 Å². The molecule has 0 aromatic heterocycles. The molecule has 0 amide bonds. The van der Waals surface area contributed by atoms with Gasteiger partial charge in [-0.25, -0.2) is 0 Å². The zero-order valence-electron chi connectivity index (χ0n) is 6.18. The van der Waals surface area contributed by atoms with Gasteiger partial charge in [0.1, 0.15) is 0 Å². The second-order valence-corrected chi connectivity index (χ2v) is 5.95. The molecule has 0 fully saturated rings. The summed E-state index contributed by atoms with van der Waals surface area (Å²) < 4.78 is 1.61. The van der Waals surface area contributed by atoms with E-state index in [0.717, 1.165) is 8.62 Å². The molecule has 2 aliphatic carbocycles. The number of allylic oxidation sites excluding steroid dienone is 8. The monoisotopic (exact) mass is 228 g/mol. The molecule has 11 heavy (non-hydrogen) atoms. The van der Waals surface area contributed by atoms with E-state index in [1.807, 2.05) is 0 Å². The maximum absolute atomic E-state index is 2.32. The Hall–Kier alpha value is -0.352. The van der Waals surface area contributed by atoms with Gasteiger partial charge in [-0.3, -0.25) is 0 Å². The molecule has 0 saturated carbocycles. The van der Waals surface area contributed by atoms with Crippen molar-refractivity contribution >= 4 is 0 Å². The van der Waals surface area contributed by atoms with E-state index < -0.39 is 0 Å². The summed E-state index contributed by atoms with van der Waals surface area (Å²) in [5.74, 6) is 0. The first-order chi connectivity index (χ1) is 5.45. The molecule has 0 heterocycles. The molecular formula is C10H10Mo. The summed E-state index contributed by atoms with van der Waals surface area (Å²) in [7, 11) is 0. The molecule has 0 aliphatic heterocycles. The van der Waals surface area contributed by atoms with Crippen molar-refractivity contribution in [1.82, 2.24) is 0 Å². The summed E-state index contributed by atoms with van der Waals surface area (Å²) in [6.45, 7) is 0. The average Bonchev–Trinajstić information content (AvgIpc) is 2.60. The van der Waals surface area contributed by atoms with Crippen LogP contribution < -0.4 is 0 Å². The Bertz CT molecular complexity index is 196. The Morgan fingerprint density at radius 3 is 1.36 bits per heavy atom. The summed E-state index contributed by atoms with van der Waals surface area (Å²) >= 11 is 0.0950. The Labute approximate surface area is 75.9 Å². The van der Waals surface area contributed by atoms with E-state index in [1.54, 1.807) is 0 Å². The fourth-order valence-electron chi connectivity index (χ4n) is 1.19. The van der Waals surface area contributed by atoms with Crippen molar-refractivity contribution in [2.24, 2.45) is 0 Å². The van der Waals surface area contributed by atoms with Gasteiger partial charge in [0, 0.05) is 0 Å². The van der Waals surface area contributed by atoms with Crippen molar-refractivity contribution in [3.63, 3.8) is 0 Å². The van der Waals surface area contributed by atoms with Gasteiger partial charge in [0.25, 0.3) is 0 Å². The van der Waals surface area contributed by atoms with Crippen molar-refractivity contribution in [3.05, 3.63) is 48.6 Å². The van der Waals surface area contributed by atoms with Crippen LogP contribution in [0.1, 0.15) is 0 Å². The van der Waals surface area contributed by atoms with E-state index >= 15 is 0 Å². The second kappa shape index (κ2) is 3.36. The second-order valence-electron chi connectivity index (χ2n) is 2.60. The molecule has 0 radical (unpaired) electrons. The van der Waals surface area contributed by atoms with Crippen LogP contribution in [0.4, 0.5) is 0 Å². The van der Waals surface area contributed by atoms with Crippen molar-refractivity contribution in [1.29, 1.82) is 0 Å². The van der Waals surface area contributed by atoms with Gasteiger partial charge in [0.15, 0.2) is 0 Å². The third-order valence-electron chi connectivity index (χ3n) is 1.74. The fraction of sp³-hybridized carbons (Fsp3) is 0.200. The van der Waals surface area contributed by atoms with Crippen molar-refractivity contribution < 1.29 is 18.6 Å². The van der Waals surface area contributed by atoms with E-state index in [9.17, 15) is 0 Å². The first-order valence-electron chi connectivity index (χ1n) is 3.80. The van der Waals surface area contributed by atoms with Gasteiger partial charge < -0.3 is 0 Å². The summed E-state index contributed by atoms with van der Waals surface area (Å²) in [6, 6.07) is 0. The molecule has 0 nitrogen and oxygen atoms in total. The first-order valence-corrected chi connectivity index (χ1v) is 6.12. The van der Waals surface area contributed by atoms with Gasteiger partial charge in [-0.2, -0.15) is 0 Å². The van der Waals surface area contributed by atoms with Gasteiger partial charge in [-0.05, 0) is 0 Å². The number of hydrogen-bond acceptors (Lipinski definition) is 0. The van der Waals surface area contributed by atoms with Crippen LogP contribution in [0, 0.1) is 0 Å². The summed E-state index contributed by atoms with van der Waals surface area (Å²) in [6.07, 6.45) is 17.9. The Morgan fingerprint density at radius 1 is 0.636 bits per heavy atom. The van der Waals surface area contributed by atoms with Crippen molar-refractivity contribution in [2.45, 2.75) is 8.62 Å². The van der Waals surface area contributed by atoms with Gasteiger partial charge >= 0.3 is 75.8 Å². The van der Waals surface area contributed by atoms with Crippen LogP contribution in [-0.4, -0.2) is 0 Å². The zero-order valence-corrected chi connectivity index (χ0v) is 8.19. The van der Waals surface area contributed by atoms with E-state index in [0.29, 0.717) is 0 Å². The number of hydrogen-bond donors (Lipinski definition) is 0. The molecule has 0 aromatic rings. The molecule has 0 N–H and O–H groups in total. The van der Waals surface area contributed by atoms with E-state index in [2.05, 4.69) is 48.6 Å². The van der Waals surface area contributed by atoms with Crippen LogP contribution >= 0.6 is 0 Å². The van der Waals surface area contributed by atoms with E-state index in [4.69, 9.17) is 0 Å². The Balaban J connectivity index is 1.90. The quantitative estimate of drug-likeness (QED) is 0.635. The predicted octanol–water partition coefficient (Wildman–Crippen LogP) is 2.90. The molecule has 2 aliphatic rings. The van der Waals surface area contributed by atoms with E-state index in [1.165, 1.54) is 0 Å². The van der Waals surface area contributed by atoms with Crippen molar-refractivity contribution in [3.8, 4) is 0 Å². The Kier molecular flexibility index (Phi) is 2.23. The van der Waals surface area contributed by atoms with Crippen LogP contribution in [0.3, 0.4) is 0 Å². The molecule has 2 rings (SSSR count). The summed E-state index contributed by atoms with van der Waals surface area (Å²) in [5.41, 5.74) is 0. The third-order valence-corrected chi connectivity index (χ3v) is 4.83. The maximum atomic E-state index is 2.32.